The van der Waals surface area contributed by atoms with Crippen LogP contribution < -0.4 is 0 Å². The first-order chi connectivity index (χ1) is 35.6. The van der Waals surface area contributed by atoms with Crippen molar-refractivity contribution in [2.24, 2.45) is 0 Å². The SMILES string of the molecule is CCCCCCC/C=C\C/C=C\CCCCCCCCCCCCCCCCCC(=O)OC(COC(=O)CCCCCCCCCCCCCCCCCCCCCCC)COC(OCC[N+](C)(C)C)C(=O)O. The summed E-state index contributed by atoms with van der Waals surface area (Å²) < 4.78 is 22.9. The van der Waals surface area contributed by atoms with Gasteiger partial charge in [-0.3, -0.25) is 9.59 Å². The molecule has 0 aliphatic carbocycles. The van der Waals surface area contributed by atoms with E-state index in [4.69, 9.17) is 18.9 Å². The van der Waals surface area contributed by atoms with Crippen LogP contribution in [0.3, 0.4) is 0 Å². The number of ether oxygens (including phenoxy) is 4. The fraction of sp³-hybridized carbons (Fsp3) is 0.891. The van der Waals surface area contributed by atoms with E-state index in [-0.39, 0.29) is 38.2 Å². The van der Waals surface area contributed by atoms with Crippen LogP contribution in [0.5, 0.6) is 0 Å². The predicted octanol–water partition coefficient (Wildman–Crippen LogP) is 18.7. The molecule has 1 N–H and O–H groups in total. The fourth-order valence-electron chi connectivity index (χ4n) is 9.34. The first-order valence-corrected chi connectivity index (χ1v) is 31.5. The topological polar surface area (TPSA) is 108 Å². The summed E-state index contributed by atoms with van der Waals surface area (Å²) in [4.78, 5) is 37.5. The quantitative estimate of drug-likeness (QED) is 0.0211. The lowest BCUT2D eigenvalue weighted by Gasteiger charge is -2.25. The minimum absolute atomic E-state index is 0.176. The highest BCUT2D eigenvalue weighted by Crippen LogP contribution is 2.18. The van der Waals surface area contributed by atoms with Crippen molar-refractivity contribution in [3.8, 4) is 0 Å². The Morgan fingerprint density at radius 1 is 0.411 bits per heavy atom. The molecule has 0 bridgehead atoms. The van der Waals surface area contributed by atoms with E-state index in [9.17, 15) is 19.5 Å². The zero-order valence-electron chi connectivity index (χ0n) is 49.1. The van der Waals surface area contributed by atoms with Gasteiger partial charge in [0.2, 0.25) is 0 Å². The summed E-state index contributed by atoms with van der Waals surface area (Å²) in [5.74, 6) is -1.98. The highest BCUT2D eigenvalue weighted by molar-refractivity contribution is 5.71. The van der Waals surface area contributed by atoms with Gasteiger partial charge in [-0.1, -0.05) is 276 Å². The second-order valence-corrected chi connectivity index (χ2v) is 22.7. The standard InChI is InChI=1S/C64H121NO8/c1-6-8-10-12-14-16-18-20-22-24-26-28-29-30-31-32-33-35-37-39-41-43-45-47-49-51-53-55-62(67)73-60(59-72-64(63(68)69)70-57-56-65(3,4)5)58-71-61(66)54-52-50-48-46-44-42-40-38-36-34-27-25-23-21-19-17-15-13-11-9-7-2/h18,20,24,26,60,64H,6-17,19,21-23,25,27-59H2,1-5H3/p+1/b20-18-,26-24-. The molecule has 0 fully saturated rings. The first-order valence-electron chi connectivity index (χ1n) is 31.5. The first kappa shape index (κ1) is 70.8. The molecule has 2 unspecified atom stereocenters. The van der Waals surface area contributed by atoms with Gasteiger partial charge in [0, 0.05) is 12.8 Å². The molecule has 0 aromatic carbocycles. The summed E-state index contributed by atoms with van der Waals surface area (Å²) in [6, 6.07) is 0. The molecule has 0 aromatic rings. The molecule has 0 aliphatic heterocycles. The van der Waals surface area contributed by atoms with Gasteiger partial charge in [-0.05, 0) is 44.9 Å². The minimum atomic E-state index is -1.51. The molecule has 0 rings (SSSR count). The number of carbonyl (C=O) groups is 3. The van der Waals surface area contributed by atoms with Crippen LogP contribution in [-0.2, 0) is 33.3 Å². The summed E-state index contributed by atoms with van der Waals surface area (Å²) in [7, 11) is 5.98. The Balaban J connectivity index is 4.15. The summed E-state index contributed by atoms with van der Waals surface area (Å²) in [5, 5.41) is 9.72. The minimum Gasteiger partial charge on any atom is -0.477 e. The third-order valence-corrected chi connectivity index (χ3v) is 14.2. The molecule has 2 atom stereocenters. The molecule has 9 heteroatoms. The number of carboxylic acids is 1. The predicted molar refractivity (Wildman–Crippen MR) is 309 cm³/mol. The summed E-state index contributed by atoms with van der Waals surface area (Å²) >= 11 is 0. The van der Waals surface area contributed by atoms with Gasteiger partial charge in [-0.2, -0.15) is 0 Å². The molecule has 0 heterocycles. The van der Waals surface area contributed by atoms with Gasteiger partial charge >= 0.3 is 17.9 Å². The maximum absolute atomic E-state index is 12.9. The highest BCUT2D eigenvalue weighted by atomic mass is 16.7. The Kier molecular flexibility index (Phi) is 54.3. The van der Waals surface area contributed by atoms with Crippen LogP contribution in [-0.4, -0.2) is 87.4 Å². The zero-order valence-corrected chi connectivity index (χ0v) is 49.1. The number of esters is 2. The third kappa shape index (κ3) is 57.3. The number of rotatable bonds is 59. The Hall–Kier alpha value is -2.23. The number of quaternary nitrogens is 1. The van der Waals surface area contributed by atoms with Crippen molar-refractivity contribution >= 4 is 17.9 Å². The van der Waals surface area contributed by atoms with E-state index >= 15 is 0 Å². The monoisotopic (exact) mass is 1030 g/mol. The van der Waals surface area contributed by atoms with Crippen LogP contribution in [0.25, 0.3) is 0 Å². The smallest absolute Gasteiger partial charge is 0.361 e. The van der Waals surface area contributed by atoms with Crippen molar-refractivity contribution in [3.05, 3.63) is 24.3 Å². The Morgan fingerprint density at radius 2 is 0.740 bits per heavy atom. The van der Waals surface area contributed by atoms with Crippen LogP contribution in [0.15, 0.2) is 24.3 Å². The van der Waals surface area contributed by atoms with Gasteiger partial charge in [0.1, 0.15) is 13.2 Å². The van der Waals surface area contributed by atoms with Crippen molar-refractivity contribution in [1.82, 2.24) is 0 Å². The number of unbranched alkanes of at least 4 members (excludes halogenated alkanes) is 40. The molecule has 0 saturated heterocycles. The Bertz CT molecular complexity index is 1250. The average Bonchev–Trinajstić information content (AvgIpc) is 3.36. The second kappa shape index (κ2) is 56.0. The second-order valence-electron chi connectivity index (χ2n) is 22.7. The van der Waals surface area contributed by atoms with Gasteiger partial charge < -0.3 is 28.5 Å². The lowest BCUT2D eigenvalue weighted by atomic mass is 10.0. The molecule has 9 nitrogen and oxygen atoms in total. The van der Waals surface area contributed by atoms with E-state index in [0.717, 1.165) is 44.9 Å². The number of carbonyl (C=O) groups excluding carboxylic acids is 2. The largest absolute Gasteiger partial charge is 0.477 e. The highest BCUT2D eigenvalue weighted by Gasteiger charge is 2.25. The molecule has 0 amide bonds. The van der Waals surface area contributed by atoms with E-state index in [2.05, 4.69) is 38.2 Å². The zero-order chi connectivity index (χ0) is 53.4. The molecule has 0 aliphatic rings. The molecular weight excluding hydrogens is 911 g/mol. The molecule has 0 saturated carbocycles. The third-order valence-electron chi connectivity index (χ3n) is 14.2. The molecular formula is C64H122NO8+. The lowest BCUT2D eigenvalue weighted by molar-refractivity contribution is -0.870. The van der Waals surface area contributed by atoms with E-state index < -0.39 is 18.4 Å². The molecule has 0 spiro atoms. The number of hydrogen-bond donors (Lipinski definition) is 1. The number of hydrogen-bond acceptors (Lipinski definition) is 7. The summed E-state index contributed by atoms with van der Waals surface area (Å²) in [6.07, 6.45) is 64.1. The molecule has 430 valence electrons. The van der Waals surface area contributed by atoms with Gasteiger partial charge in [-0.25, -0.2) is 4.79 Å². The average molecular weight is 1030 g/mol. The van der Waals surface area contributed by atoms with Gasteiger partial charge in [-0.15, -0.1) is 0 Å². The number of aliphatic carboxylic acids is 1. The van der Waals surface area contributed by atoms with Crippen molar-refractivity contribution in [2.75, 3.05) is 47.5 Å². The van der Waals surface area contributed by atoms with Crippen LogP contribution in [0.1, 0.15) is 309 Å². The van der Waals surface area contributed by atoms with E-state index in [1.54, 1.807) is 0 Å². The van der Waals surface area contributed by atoms with Crippen molar-refractivity contribution < 1.29 is 42.9 Å². The maximum atomic E-state index is 12.9. The van der Waals surface area contributed by atoms with Gasteiger partial charge in [0.15, 0.2) is 6.10 Å². The maximum Gasteiger partial charge on any atom is 0.361 e. The van der Waals surface area contributed by atoms with Crippen LogP contribution in [0.2, 0.25) is 0 Å². The van der Waals surface area contributed by atoms with E-state index in [1.165, 1.54) is 238 Å². The fourth-order valence-corrected chi connectivity index (χ4v) is 9.34. The number of allylic oxidation sites excluding steroid dienone is 4. The van der Waals surface area contributed by atoms with Crippen molar-refractivity contribution in [3.63, 3.8) is 0 Å². The van der Waals surface area contributed by atoms with Crippen molar-refractivity contribution in [1.29, 1.82) is 0 Å². The van der Waals surface area contributed by atoms with Crippen LogP contribution in [0.4, 0.5) is 0 Å². The van der Waals surface area contributed by atoms with Gasteiger partial charge in [0.05, 0.1) is 34.4 Å². The van der Waals surface area contributed by atoms with Crippen LogP contribution >= 0.6 is 0 Å². The lowest BCUT2D eigenvalue weighted by Crippen LogP contribution is -2.40. The Morgan fingerprint density at radius 3 is 1.08 bits per heavy atom. The van der Waals surface area contributed by atoms with Gasteiger partial charge in [0.25, 0.3) is 6.29 Å². The van der Waals surface area contributed by atoms with Crippen LogP contribution in [0, 0.1) is 0 Å². The number of nitrogens with zero attached hydrogens (tertiary/aromatic N) is 1. The summed E-state index contributed by atoms with van der Waals surface area (Å²) in [6.45, 7) is 4.93. The summed E-state index contributed by atoms with van der Waals surface area (Å²) in [5.41, 5.74) is 0. The van der Waals surface area contributed by atoms with E-state index in [0.29, 0.717) is 17.4 Å². The van der Waals surface area contributed by atoms with E-state index in [1.807, 2.05) is 21.1 Å². The molecule has 0 aromatic heterocycles. The Labute approximate surface area is 452 Å². The number of carboxylic acid groups (broad SMARTS) is 1. The normalized spacial score (nSPS) is 12.8. The molecule has 73 heavy (non-hydrogen) atoms. The number of likely N-dealkylation sites (N-methyl/N-ethyl adjacent to an activating group) is 1. The molecule has 0 radical (unpaired) electrons. The van der Waals surface area contributed by atoms with Crippen molar-refractivity contribution in [2.45, 2.75) is 322 Å².